The van der Waals surface area contributed by atoms with Crippen LogP contribution in [0, 0.1) is 32.1 Å². The molecule has 4 N–H and O–H groups in total. The maximum Gasteiger partial charge on any atom is 0.301 e. The highest BCUT2D eigenvalue weighted by Crippen LogP contribution is 2.39. The summed E-state index contributed by atoms with van der Waals surface area (Å²) >= 11 is 1.23. The van der Waals surface area contributed by atoms with E-state index in [-0.39, 0.29) is 21.2 Å². The van der Waals surface area contributed by atoms with Gasteiger partial charge in [0, 0.05) is 18.2 Å². The summed E-state index contributed by atoms with van der Waals surface area (Å²) in [6.45, 7) is 6.97. The first kappa shape index (κ1) is 53.3. The van der Waals surface area contributed by atoms with E-state index < -0.39 is 45.7 Å². The van der Waals surface area contributed by atoms with Crippen LogP contribution < -0.4 is 15.7 Å². The Morgan fingerprint density at radius 2 is 1.03 bits per heavy atom. The number of carboxylic acid groups (broad SMARTS) is 1. The van der Waals surface area contributed by atoms with E-state index in [1.54, 1.807) is 39.8 Å². The Kier molecular flexibility index (Phi) is 24.5. The number of rotatable bonds is 19. The van der Waals surface area contributed by atoms with Gasteiger partial charge in [-0.15, -0.1) is 0 Å². The lowest BCUT2D eigenvalue weighted by Crippen LogP contribution is -2.95. The third kappa shape index (κ3) is 18.2. The molecular formula is C48H76N6O8S2. The quantitative estimate of drug-likeness (QED) is 0.0588. The molecule has 6 rings (SSSR count). The van der Waals surface area contributed by atoms with Gasteiger partial charge in [-0.05, 0) is 133 Å². The van der Waals surface area contributed by atoms with E-state index >= 15 is 0 Å². The molecule has 0 heterocycles. The molecule has 0 aliphatic heterocycles. The van der Waals surface area contributed by atoms with Crippen LogP contribution in [0.4, 0.5) is 11.4 Å². The second-order valence-corrected chi connectivity index (χ2v) is 20.2. The first-order valence-corrected chi connectivity index (χ1v) is 25.9. The zero-order valence-corrected chi connectivity index (χ0v) is 40.5. The number of benzene rings is 2. The smallest absolute Gasteiger partial charge is 0.301 e. The van der Waals surface area contributed by atoms with Crippen molar-refractivity contribution in [2.24, 2.45) is 11.8 Å². The second kappa shape index (κ2) is 29.4. The van der Waals surface area contributed by atoms with Gasteiger partial charge in [-0.25, -0.2) is 0 Å². The Balaban J connectivity index is 0.000000275. The topological polar surface area (TPSA) is 203 Å². The number of nitro groups is 2. The van der Waals surface area contributed by atoms with E-state index in [0.717, 1.165) is 40.5 Å². The first-order valence-electron chi connectivity index (χ1n) is 24.4. The predicted molar refractivity (Wildman–Crippen MR) is 252 cm³/mol. The molecule has 4 aliphatic rings. The molecule has 0 radical (unpaired) electrons. The number of nitro benzene ring substituents is 2. The van der Waals surface area contributed by atoms with Crippen LogP contribution >= 0.6 is 24.0 Å². The van der Waals surface area contributed by atoms with Gasteiger partial charge in [0.2, 0.25) is 0 Å². The van der Waals surface area contributed by atoms with Crippen LogP contribution in [-0.2, 0) is 13.8 Å². The van der Waals surface area contributed by atoms with Crippen LogP contribution in [0.25, 0.3) is 5.43 Å². The SMILES string of the molecule is C1CCC([NH2+]C2CCCCC2)CC1.C1CCC([NH2+]C2CCCCC2)CC1.CC[C@@H](C)[C@H](C(=O)[O-])N([N-][C@H](C(=O)OSc1ccccc1[N+](=O)[O-])[C@@H](C)CC)Sc1ccccc1[N+](=O)[O-]. The van der Waals surface area contributed by atoms with Gasteiger partial charge in [-0.3, -0.25) is 25.0 Å². The molecule has 0 saturated heterocycles. The Hall–Kier alpha value is -3.28. The summed E-state index contributed by atoms with van der Waals surface area (Å²) in [5, 5.41) is 40.5. The van der Waals surface area contributed by atoms with Crippen molar-refractivity contribution < 1.29 is 39.4 Å². The Labute approximate surface area is 390 Å². The summed E-state index contributed by atoms with van der Waals surface area (Å²) in [5.41, 5.74) is 3.93. The predicted octanol–water partition coefficient (Wildman–Crippen LogP) is 9.36. The zero-order valence-electron chi connectivity index (χ0n) is 38.8. The summed E-state index contributed by atoms with van der Waals surface area (Å²) in [6, 6.07) is 13.0. The number of carbonyl (C=O) groups is 2. The number of quaternary nitrogens is 2. The van der Waals surface area contributed by atoms with Crippen molar-refractivity contribution in [1.29, 1.82) is 0 Å². The summed E-state index contributed by atoms with van der Waals surface area (Å²) in [4.78, 5) is 47.3. The van der Waals surface area contributed by atoms with Crippen LogP contribution in [0.5, 0.6) is 0 Å². The highest BCUT2D eigenvalue weighted by molar-refractivity contribution is 7.97. The lowest BCUT2D eigenvalue weighted by atomic mass is 9.91. The fourth-order valence-corrected chi connectivity index (χ4v) is 11.1. The van der Waals surface area contributed by atoms with Gasteiger partial charge in [-0.2, -0.15) is 0 Å². The number of para-hydroxylation sites is 2. The molecular weight excluding hydrogens is 853 g/mol. The van der Waals surface area contributed by atoms with Crippen LogP contribution in [0.2, 0.25) is 0 Å². The molecule has 14 nitrogen and oxygen atoms in total. The molecule has 0 spiro atoms. The molecule has 64 heavy (non-hydrogen) atoms. The molecule has 4 atom stereocenters. The summed E-state index contributed by atoms with van der Waals surface area (Å²) in [6.07, 6.45) is 30.8. The minimum Gasteiger partial charge on any atom is -0.571 e. The highest BCUT2D eigenvalue weighted by atomic mass is 32.2. The standard InChI is InChI=1S/C24H29N4O8S2.2C12H23N/c1-5-15(3)21(24(31)36-38-20-14-10-8-12-18(20)28(34)35)25-26(22(23(29)30)16(4)6-2)37-19-13-9-7-11-17(19)27(32)33;2*1-3-7-11(8-4-1)13-12-9-5-2-6-10-12/h7-16,21-22H,5-6H2,1-4H3,(H,29,30);2*11-13H,1-10H2/q-1;;/p+1/t15-,16+,21-,22+;;/m0../s1. The Bertz CT molecular complexity index is 1640. The van der Waals surface area contributed by atoms with Gasteiger partial charge < -0.3 is 34.6 Å². The normalized spacial score (nSPS) is 19.8. The van der Waals surface area contributed by atoms with Crippen LogP contribution in [0.15, 0.2) is 58.3 Å². The van der Waals surface area contributed by atoms with Crippen molar-refractivity contribution in [2.45, 2.75) is 215 Å². The molecule has 4 aliphatic carbocycles. The van der Waals surface area contributed by atoms with Crippen molar-refractivity contribution in [3.63, 3.8) is 0 Å². The average Bonchev–Trinajstić information content (AvgIpc) is 3.31. The number of nitrogens with zero attached hydrogens (tertiary/aromatic N) is 4. The number of nitrogens with two attached hydrogens (primary N) is 2. The highest BCUT2D eigenvalue weighted by Gasteiger charge is 2.29. The van der Waals surface area contributed by atoms with Crippen molar-refractivity contribution in [1.82, 2.24) is 4.41 Å². The maximum atomic E-state index is 13.2. The molecule has 358 valence electrons. The maximum absolute atomic E-state index is 13.2. The number of hydrogen-bond donors (Lipinski definition) is 2. The zero-order chi connectivity index (χ0) is 46.3. The van der Waals surface area contributed by atoms with Crippen molar-refractivity contribution >= 4 is 47.3 Å². The van der Waals surface area contributed by atoms with Crippen molar-refractivity contribution in [2.75, 3.05) is 0 Å². The molecule has 0 aromatic heterocycles. The summed E-state index contributed by atoms with van der Waals surface area (Å²) < 4.78 is 6.39. The van der Waals surface area contributed by atoms with Gasteiger partial charge in [0.1, 0.15) is 16.9 Å². The van der Waals surface area contributed by atoms with Crippen molar-refractivity contribution in [3.05, 3.63) is 74.2 Å². The minimum absolute atomic E-state index is 0.104. The summed E-state index contributed by atoms with van der Waals surface area (Å²) in [7, 11) is 0. The lowest BCUT2D eigenvalue weighted by Gasteiger charge is -2.49. The second-order valence-electron chi connectivity index (χ2n) is 18.4. The fourth-order valence-electron chi connectivity index (χ4n) is 9.33. The van der Waals surface area contributed by atoms with Crippen molar-refractivity contribution in [3.8, 4) is 0 Å². The van der Waals surface area contributed by atoms with Gasteiger partial charge in [0.15, 0.2) is 0 Å². The first-order chi connectivity index (χ1) is 30.9. The Morgan fingerprint density at radius 3 is 1.41 bits per heavy atom. The van der Waals surface area contributed by atoms with Crippen LogP contribution in [0.1, 0.15) is 169 Å². The third-order valence-corrected chi connectivity index (χ3v) is 15.4. The molecule has 16 heteroatoms. The molecule has 0 amide bonds. The van der Waals surface area contributed by atoms with E-state index in [1.807, 2.05) is 0 Å². The fraction of sp³-hybridized carbons (Fsp3) is 0.708. The van der Waals surface area contributed by atoms with E-state index in [9.17, 15) is 34.9 Å². The summed E-state index contributed by atoms with van der Waals surface area (Å²) in [5.74, 6) is -3.23. The van der Waals surface area contributed by atoms with E-state index in [0.29, 0.717) is 24.9 Å². The monoisotopic (exact) mass is 929 g/mol. The minimum atomic E-state index is -1.46. The molecule has 2 aromatic rings. The molecule has 4 fully saturated rings. The number of carboxylic acids is 1. The van der Waals surface area contributed by atoms with Gasteiger partial charge >= 0.3 is 5.97 Å². The van der Waals surface area contributed by atoms with E-state index in [2.05, 4.69) is 16.1 Å². The van der Waals surface area contributed by atoms with E-state index in [1.165, 1.54) is 165 Å². The number of aliphatic carboxylic acids is 1. The van der Waals surface area contributed by atoms with Gasteiger partial charge in [0.05, 0.1) is 44.9 Å². The molecule has 0 bridgehead atoms. The van der Waals surface area contributed by atoms with Gasteiger partial charge in [0.25, 0.3) is 11.4 Å². The molecule has 2 aromatic carbocycles. The largest absolute Gasteiger partial charge is 0.571 e. The molecule has 0 unspecified atom stereocenters. The molecule has 4 saturated carbocycles. The average molecular weight is 929 g/mol. The van der Waals surface area contributed by atoms with Gasteiger partial charge in [-0.1, -0.05) is 102 Å². The number of carbonyl (C=O) groups excluding carboxylic acids is 2. The number of hydrogen-bond acceptors (Lipinski definition) is 11. The van der Waals surface area contributed by atoms with Crippen LogP contribution in [-0.4, -0.2) is 62.5 Å². The third-order valence-electron chi connectivity index (χ3n) is 13.5. The van der Waals surface area contributed by atoms with Crippen LogP contribution in [0.3, 0.4) is 0 Å². The lowest BCUT2D eigenvalue weighted by molar-refractivity contribution is -0.726. The Morgan fingerprint density at radius 1 is 0.656 bits per heavy atom. The van der Waals surface area contributed by atoms with E-state index in [4.69, 9.17) is 4.18 Å².